The van der Waals surface area contributed by atoms with Crippen molar-refractivity contribution in [3.8, 4) is 0 Å². The molecule has 0 aromatic carbocycles. The Morgan fingerprint density at radius 1 is 0.926 bits per heavy atom. The van der Waals surface area contributed by atoms with Crippen LogP contribution in [0.5, 0.6) is 0 Å². The molecule has 4 heterocycles. The third-order valence-corrected chi connectivity index (χ3v) is 5.86. The lowest BCUT2D eigenvalue weighted by Crippen LogP contribution is -2.49. The fourth-order valence-corrected chi connectivity index (χ4v) is 4.21. The molecule has 0 aliphatic carbocycles. The van der Waals surface area contributed by atoms with Gasteiger partial charge in [0.05, 0.1) is 17.3 Å². The van der Waals surface area contributed by atoms with E-state index in [0.717, 1.165) is 70.0 Å². The number of halogens is 1. The van der Waals surface area contributed by atoms with Gasteiger partial charge in [-0.2, -0.15) is 0 Å². The van der Waals surface area contributed by atoms with Crippen LogP contribution in [0.15, 0.2) is 24.5 Å². The second-order valence-electron chi connectivity index (χ2n) is 7.69. The lowest BCUT2D eigenvalue weighted by molar-refractivity contribution is -0.132. The van der Waals surface area contributed by atoms with Crippen LogP contribution in [0.25, 0.3) is 5.65 Å². The van der Waals surface area contributed by atoms with Gasteiger partial charge in [0.1, 0.15) is 5.65 Å². The molecule has 1 amide bonds. The first-order valence-corrected chi connectivity index (χ1v) is 10.4. The maximum absolute atomic E-state index is 12.6. The largest absolute Gasteiger partial charge is 0.342 e. The van der Waals surface area contributed by atoms with E-state index in [-0.39, 0.29) is 0 Å². The van der Waals surface area contributed by atoms with Crippen molar-refractivity contribution in [2.24, 2.45) is 0 Å². The molecule has 2 aliphatic rings. The molecule has 0 atom stereocenters. The Kier molecular flexibility index (Phi) is 5.95. The molecule has 4 rings (SSSR count). The van der Waals surface area contributed by atoms with Crippen LogP contribution >= 0.6 is 11.6 Å². The number of hydrogen-bond donors (Lipinski definition) is 0. The van der Waals surface area contributed by atoms with Crippen molar-refractivity contribution < 1.29 is 4.79 Å². The summed E-state index contributed by atoms with van der Waals surface area (Å²) >= 11 is 6.05. The number of nitrogens with zero attached hydrogens (tertiary/aromatic N) is 5. The van der Waals surface area contributed by atoms with Crippen LogP contribution in [0.3, 0.4) is 0 Å². The summed E-state index contributed by atoms with van der Waals surface area (Å²) in [7, 11) is 0. The summed E-state index contributed by atoms with van der Waals surface area (Å²) in [6.07, 6.45) is 8.78. The Morgan fingerprint density at radius 2 is 1.63 bits per heavy atom. The van der Waals surface area contributed by atoms with Crippen molar-refractivity contribution >= 4 is 23.2 Å². The quantitative estimate of drug-likeness (QED) is 0.806. The van der Waals surface area contributed by atoms with Gasteiger partial charge in [0.15, 0.2) is 0 Å². The number of piperazine rings is 1. The Morgan fingerprint density at radius 3 is 2.37 bits per heavy atom. The number of carbonyl (C=O) groups excluding carboxylic acids is 1. The summed E-state index contributed by atoms with van der Waals surface area (Å²) in [6, 6.07) is 3.81. The van der Waals surface area contributed by atoms with Crippen LogP contribution in [-0.2, 0) is 11.3 Å². The predicted octanol–water partition coefficient (Wildman–Crippen LogP) is 2.51. The number of amides is 1. The van der Waals surface area contributed by atoms with E-state index in [1.165, 1.54) is 12.8 Å². The minimum Gasteiger partial charge on any atom is -0.342 e. The zero-order valence-electron chi connectivity index (χ0n) is 15.8. The van der Waals surface area contributed by atoms with Crippen LogP contribution in [-0.4, -0.2) is 75.8 Å². The van der Waals surface area contributed by atoms with Gasteiger partial charge >= 0.3 is 0 Å². The molecule has 2 fully saturated rings. The lowest BCUT2D eigenvalue weighted by atomic mass is 10.2. The van der Waals surface area contributed by atoms with Crippen LogP contribution in [0.1, 0.15) is 31.4 Å². The number of rotatable bonds is 4. The van der Waals surface area contributed by atoms with Gasteiger partial charge < -0.3 is 9.30 Å². The van der Waals surface area contributed by atoms with E-state index in [1.54, 1.807) is 0 Å². The molecule has 0 N–H and O–H groups in total. The maximum atomic E-state index is 12.6. The van der Waals surface area contributed by atoms with Crippen LogP contribution in [0, 0.1) is 0 Å². The van der Waals surface area contributed by atoms with Gasteiger partial charge in [0, 0.05) is 58.2 Å². The number of fused-ring (bicyclic) bond motifs is 1. The van der Waals surface area contributed by atoms with Gasteiger partial charge in [0.25, 0.3) is 0 Å². The number of aromatic nitrogens is 2. The van der Waals surface area contributed by atoms with Crippen LogP contribution in [0.2, 0.25) is 5.02 Å². The van der Waals surface area contributed by atoms with Gasteiger partial charge in [-0.3, -0.25) is 14.6 Å². The summed E-state index contributed by atoms with van der Waals surface area (Å²) in [5, 5.41) is 0.717. The third kappa shape index (κ3) is 4.81. The van der Waals surface area contributed by atoms with Crippen LogP contribution < -0.4 is 0 Å². The Bertz CT molecular complexity index is 776. The molecule has 2 aromatic rings. The van der Waals surface area contributed by atoms with Crippen molar-refractivity contribution in [2.45, 2.75) is 32.2 Å². The van der Waals surface area contributed by atoms with Gasteiger partial charge in [-0.15, -0.1) is 0 Å². The zero-order chi connectivity index (χ0) is 18.6. The first-order chi connectivity index (χ1) is 13.2. The van der Waals surface area contributed by atoms with E-state index in [1.807, 2.05) is 22.7 Å². The van der Waals surface area contributed by atoms with E-state index in [4.69, 9.17) is 11.6 Å². The molecule has 2 aliphatic heterocycles. The van der Waals surface area contributed by atoms with E-state index >= 15 is 0 Å². The summed E-state index contributed by atoms with van der Waals surface area (Å²) < 4.78 is 1.98. The smallest absolute Gasteiger partial charge is 0.236 e. The molecular formula is C20H28ClN5O. The summed E-state index contributed by atoms with van der Waals surface area (Å²) in [5.41, 5.74) is 1.99. The van der Waals surface area contributed by atoms with Gasteiger partial charge in [-0.1, -0.05) is 24.4 Å². The fourth-order valence-electron chi connectivity index (χ4n) is 4.04. The maximum Gasteiger partial charge on any atom is 0.236 e. The molecule has 0 saturated carbocycles. The molecule has 7 heteroatoms. The highest BCUT2D eigenvalue weighted by atomic mass is 35.5. The van der Waals surface area contributed by atoms with Crippen molar-refractivity contribution in [3.63, 3.8) is 0 Å². The number of likely N-dealkylation sites (tertiary alicyclic amines) is 1. The second-order valence-corrected chi connectivity index (χ2v) is 8.13. The van der Waals surface area contributed by atoms with E-state index in [2.05, 4.69) is 25.9 Å². The number of hydrogen-bond acceptors (Lipinski definition) is 4. The lowest BCUT2D eigenvalue weighted by Gasteiger charge is -2.35. The number of pyridine rings is 1. The summed E-state index contributed by atoms with van der Waals surface area (Å²) in [5.74, 6) is 0.308. The minimum absolute atomic E-state index is 0.308. The summed E-state index contributed by atoms with van der Waals surface area (Å²) in [4.78, 5) is 24.0. The molecule has 2 aromatic heterocycles. The monoisotopic (exact) mass is 389 g/mol. The average Bonchev–Trinajstić information content (AvgIpc) is 2.87. The van der Waals surface area contributed by atoms with Crippen LogP contribution in [0.4, 0.5) is 0 Å². The molecular weight excluding hydrogens is 362 g/mol. The Balaban J connectivity index is 1.26. The highest BCUT2D eigenvalue weighted by Crippen LogP contribution is 2.14. The second kappa shape index (κ2) is 8.59. The number of imidazole rings is 1. The van der Waals surface area contributed by atoms with Gasteiger partial charge in [-0.05, 0) is 25.0 Å². The third-order valence-electron chi connectivity index (χ3n) is 5.63. The molecule has 0 unspecified atom stereocenters. The van der Waals surface area contributed by atoms with E-state index in [9.17, 15) is 4.79 Å². The van der Waals surface area contributed by atoms with Crippen molar-refractivity contribution in [1.29, 1.82) is 0 Å². The highest BCUT2D eigenvalue weighted by Gasteiger charge is 2.22. The predicted molar refractivity (Wildman–Crippen MR) is 107 cm³/mol. The van der Waals surface area contributed by atoms with E-state index < -0.39 is 0 Å². The fraction of sp³-hybridized carbons (Fsp3) is 0.600. The molecule has 0 bridgehead atoms. The van der Waals surface area contributed by atoms with E-state index in [0.29, 0.717) is 17.5 Å². The van der Waals surface area contributed by atoms with Crippen molar-refractivity contribution in [1.82, 2.24) is 24.1 Å². The number of carbonyl (C=O) groups is 1. The molecule has 146 valence electrons. The first-order valence-electron chi connectivity index (χ1n) is 10.0. The van der Waals surface area contributed by atoms with Crippen molar-refractivity contribution in [3.05, 3.63) is 35.2 Å². The van der Waals surface area contributed by atoms with Gasteiger partial charge in [0.2, 0.25) is 5.91 Å². The molecule has 6 nitrogen and oxygen atoms in total. The first kappa shape index (κ1) is 18.7. The minimum atomic E-state index is 0.308. The topological polar surface area (TPSA) is 44.1 Å². The highest BCUT2D eigenvalue weighted by molar-refractivity contribution is 6.30. The molecule has 0 radical (unpaired) electrons. The Hall–Kier alpha value is -1.63. The normalized spacial score (nSPS) is 20.1. The summed E-state index contributed by atoms with van der Waals surface area (Å²) in [6.45, 7) is 7.13. The molecule has 27 heavy (non-hydrogen) atoms. The van der Waals surface area contributed by atoms with Crippen molar-refractivity contribution in [2.75, 3.05) is 45.8 Å². The SMILES string of the molecule is O=C(CN1CCN(Cc2cn3cc(Cl)ccc3n2)CC1)N1CCCCCC1. The molecule has 0 spiro atoms. The molecule has 2 saturated heterocycles. The standard InChI is InChI=1S/C20H28ClN5O/c21-17-5-6-19-22-18(15-26(19)13-17)14-23-9-11-24(12-10-23)16-20(27)25-7-3-1-2-4-8-25/h5-6,13,15H,1-4,7-12,14,16H2. The Labute approximate surface area is 165 Å². The van der Waals surface area contributed by atoms with Gasteiger partial charge in [-0.25, -0.2) is 4.98 Å². The average molecular weight is 390 g/mol. The zero-order valence-corrected chi connectivity index (χ0v) is 16.6.